The van der Waals surface area contributed by atoms with Gasteiger partial charge in [-0.2, -0.15) is 0 Å². The second-order valence-corrected chi connectivity index (χ2v) is 7.37. The van der Waals surface area contributed by atoms with Gasteiger partial charge in [0.25, 0.3) is 0 Å². The van der Waals surface area contributed by atoms with Crippen molar-refractivity contribution < 1.29 is 19.8 Å². The third kappa shape index (κ3) is 2.89. The molecule has 4 rings (SSSR count). The van der Waals surface area contributed by atoms with E-state index in [4.69, 9.17) is 0 Å². The molecule has 1 aromatic carbocycles. The molecule has 28 heavy (non-hydrogen) atoms. The van der Waals surface area contributed by atoms with E-state index in [1.807, 2.05) is 42.9 Å². The molecule has 1 aliphatic heterocycles. The van der Waals surface area contributed by atoms with E-state index in [0.29, 0.717) is 17.5 Å². The predicted molar refractivity (Wildman–Crippen MR) is 103 cm³/mol. The lowest BCUT2D eigenvalue weighted by Gasteiger charge is -2.41. The van der Waals surface area contributed by atoms with Crippen LogP contribution in [0.1, 0.15) is 39.5 Å². The predicted octanol–water partition coefficient (Wildman–Crippen LogP) is 1.59. The first kappa shape index (κ1) is 18.3. The Morgan fingerprint density at radius 1 is 1.32 bits per heavy atom. The normalized spacial score (nSPS) is 21.7. The molecule has 1 aliphatic rings. The van der Waals surface area contributed by atoms with Gasteiger partial charge in [-0.3, -0.25) is 14.6 Å². The second-order valence-electron chi connectivity index (χ2n) is 7.37. The molecule has 144 valence electrons. The average molecular weight is 379 g/mol. The quantitative estimate of drug-likeness (QED) is 0.671. The van der Waals surface area contributed by atoms with Gasteiger partial charge in [0.15, 0.2) is 6.04 Å². The minimum Gasteiger partial charge on any atom is -0.633 e. The topological polar surface area (TPSA) is 99.7 Å². The van der Waals surface area contributed by atoms with E-state index in [1.54, 1.807) is 12.3 Å². The van der Waals surface area contributed by atoms with Crippen LogP contribution < -0.4 is 5.06 Å². The summed E-state index contributed by atoms with van der Waals surface area (Å²) in [5, 5.41) is 23.1. The van der Waals surface area contributed by atoms with Gasteiger partial charge < -0.3 is 19.9 Å². The number of nitrogens with zero attached hydrogens (tertiary/aromatic N) is 2. The summed E-state index contributed by atoms with van der Waals surface area (Å²) in [6.45, 7) is 2.03. The van der Waals surface area contributed by atoms with Crippen molar-refractivity contribution in [2.24, 2.45) is 7.05 Å². The van der Waals surface area contributed by atoms with E-state index >= 15 is 0 Å². The molecule has 2 aromatic heterocycles. The average Bonchev–Trinajstić information content (AvgIpc) is 2.99. The number of carbonyl (C=O) groups excluding carboxylic acids is 1. The zero-order valence-electron chi connectivity index (χ0n) is 15.7. The number of hydrogen-bond donors (Lipinski definition) is 2. The largest absolute Gasteiger partial charge is 0.633 e. The highest BCUT2D eigenvalue weighted by Gasteiger charge is 2.41. The Labute approximate surface area is 161 Å². The van der Waals surface area contributed by atoms with Crippen molar-refractivity contribution in [1.29, 1.82) is 0 Å². The number of hydroxylamine groups is 2. The maximum atomic E-state index is 13.2. The van der Waals surface area contributed by atoms with Crippen LogP contribution in [0, 0.1) is 12.1 Å². The summed E-state index contributed by atoms with van der Waals surface area (Å²) >= 11 is 0. The Balaban J connectivity index is 1.81. The molecular formula is C21H21N3O4. The summed E-state index contributed by atoms with van der Waals surface area (Å²) in [5.74, 6) is -1.60. The molecule has 0 spiro atoms. The van der Waals surface area contributed by atoms with Crippen LogP contribution in [0.3, 0.4) is 0 Å². The first-order valence-electron chi connectivity index (χ1n) is 9.15. The van der Waals surface area contributed by atoms with Crippen LogP contribution in [-0.4, -0.2) is 32.5 Å². The van der Waals surface area contributed by atoms with Crippen molar-refractivity contribution in [3.05, 3.63) is 70.3 Å². The summed E-state index contributed by atoms with van der Waals surface area (Å²) in [4.78, 5) is 28.0. The molecule has 3 unspecified atom stereocenters. The molecule has 3 atom stereocenters. The highest BCUT2D eigenvalue weighted by Crippen LogP contribution is 2.30. The lowest BCUT2D eigenvalue weighted by molar-refractivity contribution is -0.898. The Bertz CT molecular complexity index is 1090. The molecule has 7 nitrogen and oxygen atoms in total. The van der Waals surface area contributed by atoms with Crippen LogP contribution in [0.15, 0.2) is 42.9 Å². The Kier molecular flexibility index (Phi) is 4.49. The third-order valence-corrected chi connectivity index (χ3v) is 5.60. The summed E-state index contributed by atoms with van der Waals surface area (Å²) in [7, 11) is 1.96. The fraction of sp³-hybridized carbons (Fsp3) is 0.286. The van der Waals surface area contributed by atoms with Gasteiger partial charge in [-0.1, -0.05) is 12.1 Å². The van der Waals surface area contributed by atoms with Crippen LogP contribution in [0.5, 0.6) is 0 Å². The van der Waals surface area contributed by atoms with E-state index < -0.39 is 30.3 Å². The zero-order valence-corrected chi connectivity index (χ0v) is 15.7. The van der Waals surface area contributed by atoms with Gasteiger partial charge in [0.2, 0.25) is 5.78 Å². The summed E-state index contributed by atoms with van der Waals surface area (Å²) in [6, 6.07) is 6.04. The number of carbonyl (C=O) groups is 2. The lowest BCUT2D eigenvalue weighted by Crippen LogP contribution is -3.14. The highest BCUT2D eigenvalue weighted by molar-refractivity contribution is 6.02. The van der Waals surface area contributed by atoms with Crippen molar-refractivity contribution in [2.75, 3.05) is 0 Å². The fourth-order valence-electron chi connectivity index (χ4n) is 4.31. The van der Waals surface area contributed by atoms with E-state index in [1.165, 1.54) is 6.20 Å². The lowest BCUT2D eigenvalue weighted by atomic mass is 9.85. The smallest absolute Gasteiger partial charge is 0.309 e. The van der Waals surface area contributed by atoms with Gasteiger partial charge in [0.1, 0.15) is 12.5 Å². The molecular weight excluding hydrogens is 358 g/mol. The Morgan fingerprint density at radius 2 is 2.11 bits per heavy atom. The first-order chi connectivity index (χ1) is 13.4. The van der Waals surface area contributed by atoms with Crippen LogP contribution in [0.2, 0.25) is 0 Å². The molecule has 3 heterocycles. The minimum atomic E-state index is -1.16. The number of ketones is 1. The number of pyridine rings is 1. The molecule has 0 amide bonds. The van der Waals surface area contributed by atoms with Crippen molar-refractivity contribution in [3.63, 3.8) is 0 Å². The second kappa shape index (κ2) is 6.85. The van der Waals surface area contributed by atoms with Crippen LogP contribution in [0.4, 0.5) is 0 Å². The van der Waals surface area contributed by atoms with Crippen molar-refractivity contribution in [3.8, 4) is 0 Å². The zero-order chi connectivity index (χ0) is 20.0. The third-order valence-electron chi connectivity index (χ3n) is 5.60. The van der Waals surface area contributed by atoms with Gasteiger partial charge in [-0.25, -0.2) is 0 Å². The van der Waals surface area contributed by atoms with Crippen LogP contribution >= 0.6 is 0 Å². The number of hydrogen-bond acceptors (Lipinski definition) is 4. The maximum Gasteiger partial charge on any atom is 0.309 e. The number of fused-ring (bicyclic) bond motifs is 2. The minimum absolute atomic E-state index is 0.323. The molecule has 0 aliphatic carbocycles. The number of quaternary nitrogens is 1. The molecule has 7 heteroatoms. The molecule has 0 fully saturated rings. The van der Waals surface area contributed by atoms with E-state index in [9.17, 15) is 19.9 Å². The number of carboxylic acid groups (broad SMARTS) is 1. The number of carboxylic acids is 1. The van der Waals surface area contributed by atoms with Gasteiger partial charge in [-0.15, -0.1) is 0 Å². The summed E-state index contributed by atoms with van der Waals surface area (Å²) < 4.78 is 2.03. The molecule has 2 N–H and O–H groups in total. The SMILES string of the molecule is Cc1cccc2c1c(CC1c3ccncc3C(=O)C(CC(=O)O)[NH+]1[O-])cn2C. The van der Waals surface area contributed by atoms with Crippen LogP contribution in [0.25, 0.3) is 10.9 Å². The molecule has 0 radical (unpaired) electrons. The van der Waals surface area contributed by atoms with Gasteiger partial charge in [0.05, 0.1) is 5.56 Å². The number of benzene rings is 1. The number of aryl methyl sites for hydroxylation is 2. The van der Waals surface area contributed by atoms with Crippen molar-refractivity contribution in [1.82, 2.24) is 9.55 Å². The molecule has 0 saturated carbocycles. The van der Waals surface area contributed by atoms with Gasteiger partial charge in [0, 0.05) is 48.5 Å². The monoisotopic (exact) mass is 379 g/mol. The number of nitrogens with one attached hydrogen (secondary N) is 1. The first-order valence-corrected chi connectivity index (χ1v) is 9.15. The van der Waals surface area contributed by atoms with E-state index in [2.05, 4.69) is 4.98 Å². The number of Topliss-reactive ketones (excluding diaryl/α,β-unsaturated/α-hetero) is 1. The standard InChI is InChI=1S/C21H21N3O4/c1-12-4-3-5-16-20(12)13(11-23(16)2)8-17-14-6-7-22-10-15(14)21(27)18(24(17)28)9-19(25)26/h3-7,10-11,17-18,24H,8-9H2,1-2H3,(H,25,26). The Morgan fingerprint density at radius 3 is 2.86 bits per heavy atom. The summed E-state index contributed by atoms with van der Waals surface area (Å²) in [6.07, 6.45) is 4.95. The van der Waals surface area contributed by atoms with E-state index in [0.717, 1.165) is 22.0 Å². The van der Waals surface area contributed by atoms with Crippen LogP contribution in [-0.2, 0) is 18.3 Å². The molecule has 0 bridgehead atoms. The Hall–Kier alpha value is -3.03. The van der Waals surface area contributed by atoms with E-state index in [-0.39, 0.29) is 5.06 Å². The number of aromatic nitrogens is 2. The van der Waals surface area contributed by atoms with Gasteiger partial charge >= 0.3 is 5.97 Å². The number of aliphatic carboxylic acids is 1. The maximum absolute atomic E-state index is 13.2. The highest BCUT2D eigenvalue weighted by atomic mass is 16.5. The van der Waals surface area contributed by atoms with Crippen molar-refractivity contribution in [2.45, 2.75) is 31.8 Å². The number of rotatable bonds is 4. The van der Waals surface area contributed by atoms with Crippen molar-refractivity contribution >= 4 is 22.7 Å². The molecule has 0 saturated heterocycles. The fourth-order valence-corrected chi connectivity index (χ4v) is 4.31. The van der Waals surface area contributed by atoms with Gasteiger partial charge in [-0.05, 0) is 30.2 Å². The molecule has 3 aromatic rings. The summed E-state index contributed by atoms with van der Waals surface area (Å²) in [5.41, 5.74) is 4.20.